The molecule has 0 aliphatic heterocycles. The Kier molecular flexibility index (Phi) is 5.59. The summed E-state index contributed by atoms with van der Waals surface area (Å²) in [5.41, 5.74) is 2.25. The molecular formula is C16H22N2O2S. The van der Waals surface area contributed by atoms with Crippen LogP contribution in [0.5, 0.6) is 11.5 Å². The first kappa shape index (κ1) is 15.8. The summed E-state index contributed by atoms with van der Waals surface area (Å²) in [5, 5.41) is 4.13. The largest absolute Gasteiger partial charge is 0.490 e. The predicted octanol–water partition coefficient (Wildman–Crippen LogP) is 3.46. The van der Waals surface area contributed by atoms with Crippen LogP contribution >= 0.6 is 11.3 Å². The van der Waals surface area contributed by atoms with E-state index in [0.29, 0.717) is 13.2 Å². The van der Waals surface area contributed by atoms with E-state index in [9.17, 15) is 0 Å². The minimum atomic E-state index is 0.477. The van der Waals surface area contributed by atoms with Crippen LogP contribution in [0, 0.1) is 13.8 Å². The third kappa shape index (κ3) is 4.19. The smallest absolute Gasteiger partial charge is 0.161 e. The molecule has 1 heterocycles. The molecule has 0 saturated carbocycles. The zero-order chi connectivity index (χ0) is 15.2. The van der Waals surface area contributed by atoms with Crippen molar-refractivity contribution in [3.63, 3.8) is 0 Å². The van der Waals surface area contributed by atoms with Gasteiger partial charge in [-0.2, -0.15) is 0 Å². The van der Waals surface area contributed by atoms with E-state index in [4.69, 9.17) is 9.47 Å². The van der Waals surface area contributed by atoms with Crippen LogP contribution in [0.15, 0.2) is 18.2 Å². The summed E-state index contributed by atoms with van der Waals surface area (Å²) in [6.45, 7) is 7.98. The Hall–Kier alpha value is -1.59. The molecule has 1 N–H and O–H groups in total. The van der Waals surface area contributed by atoms with Crippen LogP contribution in [0.1, 0.15) is 28.1 Å². The van der Waals surface area contributed by atoms with Gasteiger partial charge in [0.05, 0.1) is 12.3 Å². The fourth-order valence-electron chi connectivity index (χ4n) is 1.99. The van der Waals surface area contributed by atoms with Crippen molar-refractivity contribution in [2.45, 2.75) is 33.9 Å². The van der Waals surface area contributed by atoms with E-state index in [1.165, 1.54) is 10.4 Å². The molecule has 114 valence electrons. The van der Waals surface area contributed by atoms with Crippen molar-refractivity contribution in [1.29, 1.82) is 0 Å². The molecule has 0 unspecified atom stereocenters. The molecule has 1 aromatic carbocycles. The minimum Gasteiger partial charge on any atom is -0.490 e. The van der Waals surface area contributed by atoms with E-state index in [-0.39, 0.29) is 0 Å². The van der Waals surface area contributed by atoms with Gasteiger partial charge in [0.1, 0.15) is 11.6 Å². The van der Waals surface area contributed by atoms with Crippen molar-refractivity contribution in [1.82, 2.24) is 10.3 Å². The van der Waals surface area contributed by atoms with Gasteiger partial charge in [0.15, 0.2) is 11.5 Å². The summed E-state index contributed by atoms with van der Waals surface area (Å²) in [5.74, 6) is 1.55. The van der Waals surface area contributed by atoms with Gasteiger partial charge >= 0.3 is 0 Å². The average molecular weight is 306 g/mol. The van der Waals surface area contributed by atoms with E-state index < -0.39 is 0 Å². The van der Waals surface area contributed by atoms with Gasteiger partial charge in [-0.25, -0.2) is 4.98 Å². The highest BCUT2D eigenvalue weighted by Gasteiger charge is 2.09. The number of benzene rings is 1. The van der Waals surface area contributed by atoms with Crippen molar-refractivity contribution in [2.24, 2.45) is 0 Å². The molecule has 5 heteroatoms. The Morgan fingerprint density at radius 1 is 1.19 bits per heavy atom. The van der Waals surface area contributed by atoms with Gasteiger partial charge in [0, 0.05) is 11.4 Å². The Balaban J connectivity index is 2.10. The summed E-state index contributed by atoms with van der Waals surface area (Å²) in [4.78, 5) is 5.73. The van der Waals surface area contributed by atoms with E-state index in [1.54, 1.807) is 11.3 Å². The Bertz CT molecular complexity index is 576. The number of hydrogen-bond donors (Lipinski definition) is 1. The molecule has 0 bridgehead atoms. The molecule has 4 nitrogen and oxygen atoms in total. The second-order valence-electron chi connectivity index (χ2n) is 4.78. The molecule has 2 aromatic rings. The molecule has 0 amide bonds. The first-order chi connectivity index (χ1) is 10.1. The lowest BCUT2D eigenvalue weighted by atomic mass is 10.2. The van der Waals surface area contributed by atoms with Crippen molar-refractivity contribution >= 4 is 11.3 Å². The zero-order valence-corrected chi connectivity index (χ0v) is 13.8. The number of rotatable bonds is 7. The van der Waals surface area contributed by atoms with Gasteiger partial charge < -0.3 is 14.8 Å². The lowest BCUT2D eigenvalue weighted by Gasteiger charge is -2.12. The number of nitrogens with one attached hydrogen (secondary N) is 1. The Labute approximate surface area is 130 Å². The molecule has 0 fully saturated rings. The van der Waals surface area contributed by atoms with E-state index in [1.807, 2.05) is 39.1 Å². The maximum atomic E-state index is 5.88. The maximum Gasteiger partial charge on any atom is 0.161 e. The van der Waals surface area contributed by atoms with Crippen LogP contribution in [-0.2, 0) is 13.2 Å². The highest BCUT2D eigenvalue weighted by Crippen LogP contribution is 2.30. The van der Waals surface area contributed by atoms with Crippen LogP contribution in [-0.4, -0.2) is 18.6 Å². The molecular weight excluding hydrogens is 284 g/mol. The molecule has 0 radical (unpaired) electrons. The third-order valence-electron chi connectivity index (χ3n) is 3.11. The van der Waals surface area contributed by atoms with Crippen LogP contribution in [0.4, 0.5) is 0 Å². The number of aryl methyl sites for hydroxylation is 2. The number of aromatic nitrogens is 1. The molecule has 0 aliphatic rings. The number of hydrogen-bond acceptors (Lipinski definition) is 5. The van der Waals surface area contributed by atoms with Crippen LogP contribution < -0.4 is 14.8 Å². The first-order valence-corrected chi connectivity index (χ1v) is 7.91. The lowest BCUT2D eigenvalue weighted by molar-refractivity contribution is 0.268. The van der Waals surface area contributed by atoms with Crippen molar-refractivity contribution in [2.75, 3.05) is 13.7 Å². The third-order valence-corrected chi connectivity index (χ3v) is 4.16. The van der Waals surface area contributed by atoms with Gasteiger partial charge in [-0.15, -0.1) is 11.3 Å². The fourth-order valence-corrected chi connectivity index (χ4v) is 2.84. The summed E-state index contributed by atoms with van der Waals surface area (Å²) in [6, 6.07) is 6.03. The Morgan fingerprint density at radius 2 is 2.00 bits per heavy atom. The zero-order valence-electron chi connectivity index (χ0n) is 13.0. The molecule has 0 atom stereocenters. The highest BCUT2D eigenvalue weighted by atomic mass is 32.1. The fraction of sp³-hybridized carbons (Fsp3) is 0.438. The Morgan fingerprint density at radius 3 is 2.62 bits per heavy atom. The molecule has 21 heavy (non-hydrogen) atoms. The maximum absolute atomic E-state index is 5.88. The molecule has 0 aliphatic carbocycles. The molecule has 1 aromatic heterocycles. The minimum absolute atomic E-state index is 0.477. The molecule has 0 saturated heterocycles. The molecule has 2 rings (SSSR count). The predicted molar refractivity (Wildman–Crippen MR) is 86.3 cm³/mol. The van der Waals surface area contributed by atoms with Gasteiger partial charge in [0.25, 0.3) is 0 Å². The van der Waals surface area contributed by atoms with Crippen molar-refractivity contribution < 1.29 is 9.47 Å². The quantitative estimate of drug-likeness (QED) is 0.851. The summed E-state index contributed by atoms with van der Waals surface area (Å²) in [7, 11) is 1.93. The summed E-state index contributed by atoms with van der Waals surface area (Å²) in [6.07, 6.45) is 0. The normalized spacial score (nSPS) is 10.7. The van der Waals surface area contributed by atoms with Crippen LogP contribution in [0.3, 0.4) is 0 Å². The van der Waals surface area contributed by atoms with Crippen LogP contribution in [0.25, 0.3) is 0 Å². The SMILES string of the molecule is CCOc1cc(CNC)ccc1OCc1nc(C)c(C)s1. The van der Waals surface area contributed by atoms with Gasteiger partial charge in [-0.3, -0.25) is 0 Å². The van der Waals surface area contributed by atoms with Gasteiger partial charge in [0.2, 0.25) is 0 Å². The second kappa shape index (κ2) is 7.43. The molecule has 0 spiro atoms. The first-order valence-electron chi connectivity index (χ1n) is 7.10. The van der Waals surface area contributed by atoms with Crippen molar-refractivity contribution in [3.8, 4) is 11.5 Å². The van der Waals surface area contributed by atoms with E-state index >= 15 is 0 Å². The number of ether oxygens (including phenoxy) is 2. The summed E-state index contributed by atoms with van der Waals surface area (Å²) >= 11 is 1.68. The second-order valence-corrected chi connectivity index (χ2v) is 6.07. The number of thiazole rings is 1. The van der Waals surface area contributed by atoms with Gasteiger partial charge in [-0.1, -0.05) is 6.07 Å². The lowest BCUT2D eigenvalue weighted by Crippen LogP contribution is -2.06. The monoisotopic (exact) mass is 306 g/mol. The standard InChI is InChI=1S/C16H22N2O2S/c1-5-19-15-8-13(9-17-4)6-7-14(15)20-10-16-18-11(2)12(3)21-16/h6-8,17H,5,9-10H2,1-4H3. The highest BCUT2D eigenvalue weighted by molar-refractivity contribution is 7.11. The van der Waals surface area contributed by atoms with Gasteiger partial charge in [-0.05, 0) is 45.5 Å². The van der Waals surface area contributed by atoms with E-state index in [0.717, 1.165) is 28.7 Å². The van der Waals surface area contributed by atoms with Crippen molar-refractivity contribution in [3.05, 3.63) is 39.3 Å². The van der Waals surface area contributed by atoms with E-state index in [2.05, 4.69) is 17.2 Å². The summed E-state index contributed by atoms with van der Waals surface area (Å²) < 4.78 is 11.6. The van der Waals surface area contributed by atoms with Crippen LogP contribution in [0.2, 0.25) is 0 Å². The number of nitrogens with zero attached hydrogens (tertiary/aromatic N) is 1. The average Bonchev–Trinajstić information content (AvgIpc) is 2.78. The topological polar surface area (TPSA) is 43.4 Å².